The molecule has 0 heterocycles. The Hall–Kier alpha value is -3.83. The third-order valence-corrected chi connectivity index (χ3v) is 9.78. The summed E-state index contributed by atoms with van der Waals surface area (Å²) in [5, 5.41) is 26.0. The van der Waals surface area contributed by atoms with Gasteiger partial charge in [0, 0.05) is 20.0 Å². The van der Waals surface area contributed by atoms with Crippen molar-refractivity contribution in [1.29, 1.82) is 0 Å². The zero-order chi connectivity index (χ0) is 40.8. The molecule has 0 fully saturated rings. The summed E-state index contributed by atoms with van der Waals surface area (Å²) in [5.74, 6) is -2.94. The molecule has 0 saturated carbocycles. The van der Waals surface area contributed by atoms with Gasteiger partial charge in [0.25, 0.3) is 0 Å². The van der Waals surface area contributed by atoms with Crippen LogP contribution in [0, 0.1) is 11.8 Å². The number of hydrogen-bond donors (Lipinski definition) is 8. The number of carbonyl (C=O) groups excluding carboxylic acids is 6. The van der Waals surface area contributed by atoms with E-state index in [4.69, 9.17) is 5.73 Å². The van der Waals surface area contributed by atoms with Crippen molar-refractivity contribution in [3.63, 3.8) is 0 Å². The Morgan fingerprint density at radius 2 is 1.22 bits per heavy atom. The van der Waals surface area contributed by atoms with E-state index in [0.29, 0.717) is 43.5 Å². The van der Waals surface area contributed by atoms with E-state index in [-0.39, 0.29) is 48.9 Å². The zero-order valence-corrected chi connectivity index (χ0v) is 34.3. The topological polar surface area (TPSA) is 238 Å². The van der Waals surface area contributed by atoms with Crippen LogP contribution in [0.5, 0.6) is 0 Å². The van der Waals surface area contributed by atoms with Gasteiger partial charge in [-0.1, -0.05) is 52.0 Å². The lowest BCUT2D eigenvalue weighted by Crippen LogP contribution is -2.57. The third-order valence-electron chi connectivity index (χ3n) is 8.49. The number of aliphatic carboxylic acids is 1. The van der Waals surface area contributed by atoms with Gasteiger partial charge < -0.3 is 42.7 Å². The maximum Gasteiger partial charge on any atom is 0.326 e. The van der Waals surface area contributed by atoms with Gasteiger partial charge in [0.2, 0.25) is 35.4 Å². The van der Waals surface area contributed by atoms with Gasteiger partial charge in [0.05, 0.1) is 12.5 Å². The van der Waals surface area contributed by atoms with Crippen molar-refractivity contribution in [3.8, 4) is 0 Å². The molecule has 5 atom stereocenters. The number of unbranched alkanes of at least 4 members (excludes halogenated alkanes) is 1. The van der Waals surface area contributed by atoms with Crippen molar-refractivity contribution in [1.82, 2.24) is 31.9 Å². The molecule has 304 valence electrons. The molecule has 0 aromatic heterocycles. The Bertz CT molecular complexity index is 1380. The molecule has 0 spiro atoms. The molecule has 17 heteroatoms. The fraction of sp³-hybridized carbons (Fsp3) is 0.649. The summed E-state index contributed by atoms with van der Waals surface area (Å²) in [6.45, 7) is 9.12. The molecule has 1 aromatic carbocycles. The van der Waals surface area contributed by atoms with Gasteiger partial charge in [-0.3, -0.25) is 28.8 Å². The average molecular weight is 796 g/mol. The van der Waals surface area contributed by atoms with Crippen molar-refractivity contribution in [3.05, 3.63) is 35.4 Å². The van der Waals surface area contributed by atoms with E-state index in [1.807, 2.05) is 26.4 Å². The lowest BCUT2D eigenvalue weighted by molar-refractivity contribution is -0.143. The maximum atomic E-state index is 13.4. The van der Waals surface area contributed by atoms with Crippen molar-refractivity contribution >= 4 is 64.9 Å². The van der Waals surface area contributed by atoms with Crippen LogP contribution < -0.4 is 37.6 Å². The Kier molecular flexibility index (Phi) is 23.3. The Labute approximate surface area is 328 Å². The summed E-state index contributed by atoms with van der Waals surface area (Å²) < 4.78 is 0. The quantitative estimate of drug-likeness (QED) is 0.0623. The number of thioether (sulfide) groups is 2. The number of nitrogens with two attached hydrogens (primary N) is 1. The molecule has 0 aliphatic heterocycles. The van der Waals surface area contributed by atoms with Crippen molar-refractivity contribution in [2.75, 3.05) is 30.6 Å². The largest absolute Gasteiger partial charge is 0.480 e. The van der Waals surface area contributed by atoms with E-state index in [2.05, 4.69) is 31.9 Å². The summed E-state index contributed by atoms with van der Waals surface area (Å²) in [7, 11) is 0. The van der Waals surface area contributed by atoms with Gasteiger partial charge in [0.15, 0.2) is 0 Å². The van der Waals surface area contributed by atoms with Crippen LogP contribution in [0.4, 0.5) is 0 Å². The minimum absolute atomic E-state index is 0.0236. The first-order valence-corrected chi connectivity index (χ1v) is 21.1. The highest BCUT2D eigenvalue weighted by Crippen LogP contribution is 2.11. The number of carboxylic acid groups (broad SMARTS) is 1. The van der Waals surface area contributed by atoms with Crippen LogP contribution in [0.2, 0.25) is 0 Å². The molecule has 6 amide bonds. The van der Waals surface area contributed by atoms with E-state index in [9.17, 15) is 38.7 Å². The first kappa shape index (κ1) is 48.2. The summed E-state index contributed by atoms with van der Waals surface area (Å²) in [6, 6.07) is 2.46. The molecule has 0 aliphatic carbocycles. The molecule has 15 nitrogen and oxygen atoms in total. The van der Waals surface area contributed by atoms with Crippen molar-refractivity contribution in [2.24, 2.45) is 17.6 Å². The normalized spacial score (nSPS) is 13.9. The van der Waals surface area contributed by atoms with Crippen LogP contribution in [-0.2, 0) is 46.5 Å². The highest BCUT2D eigenvalue weighted by atomic mass is 32.2. The minimum atomic E-state index is -1.21. The SMILES string of the molecule is CSCC[C@H](NC(=O)Cc1ccc(CNC(=O)[C@@H](NC(=O)[C@@H](N)CCSC)C(C)C)cc1)C(=O)N[C@H](C(=O)N[C@@H](CCCCNC(C)=O)C(=O)O)C(C)C. The molecule has 0 bridgehead atoms. The maximum absolute atomic E-state index is 13.4. The van der Waals surface area contributed by atoms with E-state index in [1.54, 1.807) is 49.9 Å². The smallest absolute Gasteiger partial charge is 0.326 e. The highest BCUT2D eigenvalue weighted by molar-refractivity contribution is 7.98. The molecule has 0 saturated heterocycles. The number of carbonyl (C=O) groups is 7. The fourth-order valence-electron chi connectivity index (χ4n) is 5.23. The Morgan fingerprint density at radius 1 is 0.667 bits per heavy atom. The predicted molar refractivity (Wildman–Crippen MR) is 214 cm³/mol. The second kappa shape index (κ2) is 26.1. The molecule has 0 aliphatic rings. The third kappa shape index (κ3) is 19.0. The van der Waals surface area contributed by atoms with E-state index in [0.717, 1.165) is 11.3 Å². The lowest BCUT2D eigenvalue weighted by Gasteiger charge is -2.26. The predicted octanol–water partition coefficient (Wildman–Crippen LogP) is 1.32. The van der Waals surface area contributed by atoms with Gasteiger partial charge >= 0.3 is 5.97 Å². The van der Waals surface area contributed by atoms with Gasteiger partial charge in [-0.05, 0) is 79.1 Å². The minimum Gasteiger partial charge on any atom is -0.480 e. The zero-order valence-electron chi connectivity index (χ0n) is 32.6. The number of nitrogens with one attached hydrogen (secondary N) is 6. The van der Waals surface area contributed by atoms with Crippen LogP contribution in [0.15, 0.2) is 24.3 Å². The van der Waals surface area contributed by atoms with Gasteiger partial charge in [-0.25, -0.2) is 4.79 Å². The number of benzene rings is 1. The number of amides is 6. The first-order chi connectivity index (χ1) is 25.5. The second-order valence-electron chi connectivity index (χ2n) is 13.8. The lowest BCUT2D eigenvalue weighted by atomic mass is 10.0. The monoisotopic (exact) mass is 795 g/mol. The molecule has 1 aromatic rings. The highest BCUT2D eigenvalue weighted by Gasteiger charge is 2.31. The second-order valence-corrected chi connectivity index (χ2v) is 15.8. The van der Waals surface area contributed by atoms with Gasteiger partial charge in [-0.15, -0.1) is 0 Å². The van der Waals surface area contributed by atoms with Crippen molar-refractivity contribution < 1.29 is 38.7 Å². The van der Waals surface area contributed by atoms with Crippen LogP contribution in [0.3, 0.4) is 0 Å². The van der Waals surface area contributed by atoms with Gasteiger partial charge in [0.1, 0.15) is 24.2 Å². The molecule has 54 heavy (non-hydrogen) atoms. The average Bonchev–Trinajstić information content (AvgIpc) is 3.11. The fourth-order valence-corrected chi connectivity index (χ4v) is 6.19. The van der Waals surface area contributed by atoms with E-state index >= 15 is 0 Å². The van der Waals surface area contributed by atoms with Crippen LogP contribution in [0.25, 0.3) is 0 Å². The number of hydrogen-bond acceptors (Lipinski definition) is 10. The summed E-state index contributed by atoms with van der Waals surface area (Å²) in [6.07, 6.45) is 5.73. The molecule has 1 rings (SSSR count). The molecular weight excluding hydrogens is 735 g/mol. The molecule has 0 unspecified atom stereocenters. The molecular formula is C37H61N7O8S2. The number of rotatable bonds is 26. The summed E-state index contributed by atoms with van der Waals surface area (Å²) >= 11 is 3.09. The number of carboxylic acids is 1. The molecule has 9 N–H and O–H groups in total. The van der Waals surface area contributed by atoms with Crippen LogP contribution in [-0.4, -0.2) is 107 Å². The van der Waals surface area contributed by atoms with Crippen LogP contribution in [0.1, 0.15) is 77.8 Å². The molecule has 0 radical (unpaired) electrons. The van der Waals surface area contributed by atoms with Gasteiger partial charge in [-0.2, -0.15) is 23.5 Å². The van der Waals surface area contributed by atoms with E-state index in [1.165, 1.54) is 18.7 Å². The summed E-state index contributed by atoms with van der Waals surface area (Å²) in [4.78, 5) is 88.1. The van der Waals surface area contributed by atoms with Crippen molar-refractivity contribution in [2.45, 2.75) is 110 Å². The summed E-state index contributed by atoms with van der Waals surface area (Å²) in [5.41, 5.74) is 7.43. The standard InChI is InChI=1S/C37H61N7O8S2/c1-22(2)31(43-33(47)27(38)15-18-53-6)35(49)40-21-26-13-11-25(12-14-26)20-30(46)41-28(16-19-54-7)34(48)44-32(23(3)4)36(50)42-29(37(51)52)10-8-9-17-39-24(5)45/h11-14,22-23,27-29,31-32H,8-10,15-21,38H2,1-7H3,(H,39,45)(H,40,49)(H,41,46)(H,42,50)(H,43,47)(H,44,48)(H,51,52)/t27-,28-,29-,31-,32-/m0/s1. The van der Waals surface area contributed by atoms with Crippen LogP contribution >= 0.6 is 23.5 Å². The van der Waals surface area contributed by atoms with E-state index < -0.39 is 53.9 Å². The Balaban J connectivity index is 2.83. The first-order valence-electron chi connectivity index (χ1n) is 18.3. The Morgan fingerprint density at radius 3 is 1.78 bits per heavy atom.